The zero-order valence-electron chi connectivity index (χ0n) is 11.3. The van der Waals surface area contributed by atoms with Crippen molar-refractivity contribution >= 4 is 17.4 Å². The average Bonchev–Trinajstić information content (AvgIpc) is 2.47. The topological polar surface area (TPSA) is 127 Å². The molecule has 0 aliphatic carbocycles. The number of pyridine rings is 1. The van der Waals surface area contributed by atoms with Crippen LogP contribution < -0.4 is 16.4 Å². The molecule has 1 aromatic heterocycles. The van der Waals surface area contributed by atoms with E-state index in [1.807, 2.05) is 4.90 Å². The highest BCUT2D eigenvalue weighted by Crippen LogP contribution is 2.14. The Labute approximate surface area is 117 Å². The van der Waals surface area contributed by atoms with Gasteiger partial charge >= 0.3 is 0 Å². The van der Waals surface area contributed by atoms with Gasteiger partial charge in [-0.2, -0.15) is 0 Å². The van der Waals surface area contributed by atoms with Crippen LogP contribution in [0, 0.1) is 0 Å². The highest BCUT2D eigenvalue weighted by atomic mass is 16.5. The van der Waals surface area contributed by atoms with Crippen molar-refractivity contribution in [3.8, 4) is 0 Å². The molecule has 0 radical (unpaired) electrons. The first-order chi connectivity index (χ1) is 9.58. The van der Waals surface area contributed by atoms with Gasteiger partial charge in [0.25, 0.3) is 5.91 Å². The van der Waals surface area contributed by atoms with E-state index < -0.39 is 5.91 Å². The Hall–Kier alpha value is -2.35. The number of amides is 1. The molecule has 8 nitrogen and oxygen atoms in total. The number of methoxy groups -OCH3 is 1. The molecule has 0 aromatic carbocycles. The number of nitrogens with two attached hydrogens (primary N) is 2. The molecule has 0 saturated heterocycles. The minimum atomic E-state index is -0.588. The molecule has 5 N–H and O–H groups in total. The molecule has 0 aliphatic rings. The summed E-state index contributed by atoms with van der Waals surface area (Å²) in [6.45, 7) is 1.61. The van der Waals surface area contributed by atoms with Crippen LogP contribution in [0.5, 0.6) is 0 Å². The average molecular weight is 281 g/mol. The molecule has 20 heavy (non-hydrogen) atoms. The summed E-state index contributed by atoms with van der Waals surface area (Å²) in [5.41, 5.74) is 11.6. The molecule has 0 bridgehead atoms. The lowest BCUT2D eigenvalue weighted by Crippen LogP contribution is -2.31. The van der Waals surface area contributed by atoms with E-state index in [2.05, 4.69) is 10.1 Å². The van der Waals surface area contributed by atoms with Gasteiger partial charge < -0.3 is 26.3 Å². The Balaban J connectivity index is 2.85. The van der Waals surface area contributed by atoms with Crippen molar-refractivity contribution < 1.29 is 14.7 Å². The largest absolute Gasteiger partial charge is 0.409 e. The van der Waals surface area contributed by atoms with Gasteiger partial charge in [0, 0.05) is 38.5 Å². The Morgan fingerprint density at radius 2 is 2.25 bits per heavy atom. The fraction of sp³-hybridized carbons (Fsp3) is 0.417. The van der Waals surface area contributed by atoms with E-state index in [9.17, 15) is 4.79 Å². The van der Waals surface area contributed by atoms with Crippen LogP contribution >= 0.6 is 0 Å². The summed E-state index contributed by atoms with van der Waals surface area (Å²) in [7, 11) is 1.60. The molecular formula is C12H19N5O3. The number of anilines is 1. The number of primary amides is 1. The van der Waals surface area contributed by atoms with Gasteiger partial charge in [-0.25, -0.2) is 0 Å². The van der Waals surface area contributed by atoms with Crippen molar-refractivity contribution in [2.75, 3.05) is 31.7 Å². The van der Waals surface area contributed by atoms with Crippen molar-refractivity contribution in [2.24, 2.45) is 16.6 Å². The standard InChI is InChI=1S/C12H19N5O3/c1-20-7-6-17(5-3-11(13)16-19)9-2-4-15-10(8-9)12(14)18/h2,4,8,19H,3,5-7H2,1H3,(H2,13,16)(H2,14,18). The first-order valence-electron chi connectivity index (χ1n) is 6.04. The second kappa shape index (κ2) is 7.95. The molecule has 1 aromatic rings. The molecule has 0 fully saturated rings. The van der Waals surface area contributed by atoms with Crippen LogP contribution in [0.25, 0.3) is 0 Å². The molecule has 1 heterocycles. The fourth-order valence-corrected chi connectivity index (χ4v) is 1.62. The number of nitrogens with zero attached hydrogens (tertiary/aromatic N) is 3. The second-order valence-electron chi connectivity index (χ2n) is 4.08. The number of oxime groups is 1. The molecule has 8 heteroatoms. The highest BCUT2D eigenvalue weighted by Gasteiger charge is 2.10. The first kappa shape index (κ1) is 15.7. The van der Waals surface area contributed by atoms with E-state index in [1.165, 1.54) is 6.20 Å². The molecule has 1 rings (SSSR count). The van der Waals surface area contributed by atoms with Crippen molar-refractivity contribution in [1.29, 1.82) is 0 Å². The second-order valence-corrected chi connectivity index (χ2v) is 4.08. The summed E-state index contributed by atoms with van der Waals surface area (Å²) < 4.78 is 5.04. The van der Waals surface area contributed by atoms with E-state index >= 15 is 0 Å². The number of amidine groups is 1. The SMILES string of the molecule is COCCN(CCC(N)=NO)c1ccnc(C(N)=O)c1. The first-order valence-corrected chi connectivity index (χ1v) is 6.04. The summed E-state index contributed by atoms with van der Waals surface area (Å²) in [6.07, 6.45) is 1.90. The zero-order valence-corrected chi connectivity index (χ0v) is 11.3. The molecule has 110 valence electrons. The number of carbonyl (C=O) groups is 1. The Bertz CT molecular complexity index is 478. The highest BCUT2D eigenvalue weighted by molar-refractivity contribution is 5.91. The van der Waals surface area contributed by atoms with Gasteiger partial charge in [-0.3, -0.25) is 9.78 Å². The van der Waals surface area contributed by atoms with Gasteiger partial charge in [0.1, 0.15) is 11.5 Å². The van der Waals surface area contributed by atoms with Crippen LogP contribution in [0.2, 0.25) is 0 Å². The summed E-state index contributed by atoms with van der Waals surface area (Å²) in [5.74, 6) is -0.452. The van der Waals surface area contributed by atoms with E-state index in [-0.39, 0.29) is 11.5 Å². The predicted molar refractivity (Wildman–Crippen MR) is 74.9 cm³/mol. The Kier molecular flexibility index (Phi) is 6.24. The summed E-state index contributed by atoms with van der Waals surface area (Å²) in [6, 6.07) is 3.36. The van der Waals surface area contributed by atoms with Gasteiger partial charge in [0.2, 0.25) is 0 Å². The van der Waals surface area contributed by atoms with Crippen molar-refractivity contribution in [1.82, 2.24) is 4.98 Å². The molecule has 0 unspecified atom stereocenters. The zero-order chi connectivity index (χ0) is 15.0. The van der Waals surface area contributed by atoms with Crippen LogP contribution in [-0.2, 0) is 4.74 Å². The normalized spacial score (nSPS) is 11.3. The van der Waals surface area contributed by atoms with Gasteiger partial charge in [-0.05, 0) is 12.1 Å². The van der Waals surface area contributed by atoms with E-state index in [4.69, 9.17) is 21.4 Å². The van der Waals surface area contributed by atoms with E-state index in [1.54, 1.807) is 19.2 Å². The lowest BCUT2D eigenvalue weighted by atomic mass is 10.2. The predicted octanol–water partition coefficient (Wildman–Crippen LogP) is -0.230. The lowest BCUT2D eigenvalue weighted by Gasteiger charge is -2.24. The minimum Gasteiger partial charge on any atom is -0.409 e. The third-order valence-corrected chi connectivity index (χ3v) is 2.69. The number of carbonyl (C=O) groups excluding carboxylic acids is 1. The van der Waals surface area contributed by atoms with Crippen LogP contribution in [0.15, 0.2) is 23.5 Å². The lowest BCUT2D eigenvalue weighted by molar-refractivity contribution is 0.0995. The van der Waals surface area contributed by atoms with Crippen LogP contribution in [0.1, 0.15) is 16.9 Å². The van der Waals surface area contributed by atoms with Gasteiger partial charge in [-0.15, -0.1) is 0 Å². The molecule has 0 atom stereocenters. The number of hydrogen-bond donors (Lipinski definition) is 3. The number of aromatic nitrogens is 1. The quantitative estimate of drug-likeness (QED) is 0.261. The van der Waals surface area contributed by atoms with E-state index in [0.29, 0.717) is 26.1 Å². The molecule has 0 saturated carbocycles. The van der Waals surface area contributed by atoms with Gasteiger partial charge in [0.15, 0.2) is 0 Å². The fourth-order valence-electron chi connectivity index (χ4n) is 1.62. The number of ether oxygens (including phenoxy) is 1. The van der Waals surface area contributed by atoms with Crippen LogP contribution in [0.4, 0.5) is 5.69 Å². The molecular weight excluding hydrogens is 262 g/mol. The summed E-state index contributed by atoms with van der Waals surface area (Å²) >= 11 is 0. The van der Waals surface area contributed by atoms with Crippen LogP contribution in [-0.4, -0.2) is 48.7 Å². The third kappa shape index (κ3) is 4.73. The Morgan fingerprint density at radius 1 is 1.50 bits per heavy atom. The van der Waals surface area contributed by atoms with Crippen molar-refractivity contribution in [3.05, 3.63) is 24.0 Å². The molecule has 0 aliphatic heterocycles. The van der Waals surface area contributed by atoms with Crippen molar-refractivity contribution in [3.63, 3.8) is 0 Å². The summed E-state index contributed by atoms with van der Waals surface area (Å²) in [5, 5.41) is 11.5. The molecule has 0 spiro atoms. The van der Waals surface area contributed by atoms with Crippen LogP contribution in [0.3, 0.4) is 0 Å². The minimum absolute atomic E-state index is 0.136. The smallest absolute Gasteiger partial charge is 0.267 e. The number of hydrogen-bond acceptors (Lipinski definition) is 6. The van der Waals surface area contributed by atoms with Gasteiger partial charge in [0.05, 0.1) is 6.61 Å². The van der Waals surface area contributed by atoms with Gasteiger partial charge in [-0.1, -0.05) is 5.16 Å². The maximum Gasteiger partial charge on any atom is 0.267 e. The maximum absolute atomic E-state index is 11.1. The van der Waals surface area contributed by atoms with E-state index in [0.717, 1.165) is 5.69 Å². The summed E-state index contributed by atoms with van der Waals surface area (Å²) in [4.78, 5) is 17.0. The third-order valence-electron chi connectivity index (χ3n) is 2.69. The van der Waals surface area contributed by atoms with Crippen molar-refractivity contribution in [2.45, 2.75) is 6.42 Å². The number of rotatable bonds is 8. The Morgan fingerprint density at radius 3 is 2.85 bits per heavy atom. The molecule has 1 amide bonds. The maximum atomic E-state index is 11.1. The monoisotopic (exact) mass is 281 g/mol.